The molecule has 1 saturated heterocycles. The van der Waals surface area contributed by atoms with Gasteiger partial charge >= 0.3 is 0 Å². The second-order valence-electron chi connectivity index (χ2n) is 7.75. The van der Waals surface area contributed by atoms with E-state index in [4.69, 9.17) is 14.2 Å². The summed E-state index contributed by atoms with van der Waals surface area (Å²) in [4.78, 5) is 25.5. The minimum atomic E-state index is -3.81. The molecular weight excluding hydrogens is 462 g/mol. The average Bonchev–Trinajstić information content (AvgIpc) is 3.34. The number of benzene rings is 2. The van der Waals surface area contributed by atoms with Crippen LogP contribution in [0, 0.1) is 0 Å². The van der Waals surface area contributed by atoms with Crippen molar-refractivity contribution in [2.75, 3.05) is 49.8 Å². The van der Waals surface area contributed by atoms with Crippen molar-refractivity contribution < 1.29 is 32.2 Å². The summed E-state index contributed by atoms with van der Waals surface area (Å²) in [5.74, 6) is -0.222. The van der Waals surface area contributed by atoms with Gasteiger partial charge in [-0.2, -0.15) is 0 Å². The molecule has 0 aliphatic carbocycles. The van der Waals surface area contributed by atoms with E-state index in [0.717, 1.165) is 23.4 Å². The van der Waals surface area contributed by atoms with Gasteiger partial charge in [-0.25, -0.2) is 8.42 Å². The molecule has 0 aromatic heterocycles. The van der Waals surface area contributed by atoms with Crippen LogP contribution in [0.5, 0.6) is 11.5 Å². The number of amides is 2. The van der Waals surface area contributed by atoms with Crippen LogP contribution >= 0.6 is 0 Å². The van der Waals surface area contributed by atoms with Gasteiger partial charge in [0.15, 0.2) is 11.5 Å². The van der Waals surface area contributed by atoms with Crippen LogP contribution in [-0.4, -0.2) is 66.5 Å². The number of carbonyl (C=O) groups excluding carboxylic acids is 2. The van der Waals surface area contributed by atoms with E-state index in [9.17, 15) is 18.0 Å². The molecule has 0 bridgehead atoms. The minimum absolute atomic E-state index is 0.0180. The van der Waals surface area contributed by atoms with Crippen molar-refractivity contribution in [3.63, 3.8) is 0 Å². The Hall–Kier alpha value is -3.31. The standard InChI is InChI=1S/C23H29N3O7S/c1-31-20-11-10-16(13-21(20)32-2)26(34(3,29)30)15-22(27)25-19-9-5-4-8-18(19)23(28)24-14-17-7-6-12-33-17/h4-5,8-11,13,17H,6-7,12,14-15H2,1-3H3,(H,24,28)(H,25,27)/t17-/m1/s1. The van der Waals surface area contributed by atoms with Gasteiger partial charge in [0.1, 0.15) is 6.54 Å². The fourth-order valence-corrected chi connectivity index (χ4v) is 4.45. The van der Waals surface area contributed by atoms with Gasteiger partial charge in [0.25, 0.3) is 5.91 Å². The van der Waals surface area contributed by atoms with Gasteiger partial charge in [0, 0.05) is 19.2 Å². The van der Waals surface area contributed by atoms with Gasteiger partial charge in [0.2, 0.25) is 15.9 Å². The van der Waals surface area contributed by atoms with E-state index in [0.29, 0.717) is 24.7 Å². The number of hydrogen-bond acceptors (Lipinski definition) is 7. The highest BCUT2D eigenvalue weighted by Crippen LogP contribution is 2.32. The van der Waals surface area contributed by atoms with Crippen molar-refractivity contribution in [1.29, 1.82) is 0 Å². The van der Waals surface area contributed by atoms with Crippen molar-refractivity contribution in [3.8, 4) is 11.5 Å². The highest BCUT2D eigenvalue weighted by molar-refractivity contribution is 7.92. The lowest BCUT2D eigenvalue weighted by molar-refractivity contribution is -0.114. The molecule has 1 aliphatic heterocycles. The first-order valence-corrected chi connectivity index (χ1v) is 12.6. The molecule has 1 atom stereocenters. The van der Waals surface area contributed by atoms with E-state index >= 15 is 0 Å². The molecule has 1 heterocycles. The first-order valence-electron chi connectivity index (χ1n) is 10.7. The predicted octanol–water partition coefficient (Wildman–Crippen LogP) is 2.02. The molecule has 2 amide bonds. The van der Waals surface area contributed by atoms with E-state index in [1.54, 1.807) is 30.3 Å². The number of rotatable bonds is 10. The predicted molar refractivity (Wildman–Crippen MR) is 128 cm³/mol. The molecule has 0 unspecified atom stereocenters. The zero-order valence-electron chi connectivity index (χ0n) is 19.4. The molecule has 1 aliphatic rings. The van der Waals surface area contributed by atoms with E-state index in [1.807, 2.05) is 0 Å². The maximum Gasteiger partial charge on any atom is 0.253 e. The summed E-state index contributed by atoms with van der Waals surface area (Å²) < 4.78 is 41.8. The molecule has 0 radical (unpaired) electrons. The van der Waals surface area contributed by atoms with E-state index in [-0.39, 0.29) is 28.9 Å². The van der Waals surface area contributed by atoms with Crippen LogP contribution < -0.4 is 24.4 Å². The molecule has 2 aromatic rings. The SMILES string of the molecule is COc1ccc(N(CC(=O)Nc2ccccc2C(=O)NC[C@H]2CCCO2)S(C)(=O)=O)cc1OC. The summed E-state index contributed by atoms with van der Waals surface area (Å²) in [5, 5.41) is 5.47. The van der Waals surface area contributed by atoms with E-state index in [2.05, 4.69) is 10.6 Å². The number of hydrogen-bond donors (Lipinski definition) is 2. The van der Waals surface area contributed by atoms with Crippen LogP contribution in [0.25, 0.3) is 0 Å². The molecule has 2 aromatic carbocycles. The second-order valence-corrected chi connectivity index (χ2v) is 9.65. The van der Waals surface area contributed by atoms with E-state index in [1.165, 1.54) is 26.4 Å². The molecule has 0 spiro atoms. The Labute approximate surface area is 199 Å². The third-order valence-corrected chi connectivity index (χ3v) is 6.44. The van der Waals surface area contributed by atoms with E-state index < -0.39 is 22.5 Å². The smallest absolute Gasteiger partial charge is 0.253 e. The van der Waals surface area contributed by atoms with Gasteiger partial charge in [-0.05, 0) is 37.1 Å². The number of methoxy groups -OCH3 is 2. The maximum absolute atomic E-state index is 12.8. The summed E-state index contributed by atoms with van der Waals surface area (Å²) in [5.41, 5.74) is 0.780. The normalized spacial score (nSPS) is 15.4. The number of para-hydroxylation sites is 1. The molecule has 11 heteroatoms. The summed E-state index contributed by atoms with van der Waals surface area (Å²) in [6, 6.07) is 11.1. The first-order chi connectivity index (χ1) is 16.2. The summed E-state index contributed by atoms with van der Waals surface area (Å²) in [6.07, 6.45) is 2.83. The molecule has 34 heavy (non-hydrogen) atoms. The third kappa shape index (κ3) is 6.39. The molecular formula is C23H29N3O7S. The summed E-state index contributed by atoms with van der Waals surface area (Å²) >= 11 is 0. The van der Waals surface area contributed by atoms with Gasteiger partial charge in [-0.15, -0.1) is 0 Å². The number of sulfonamides is 1. The highest BCUT2D eigenvalue weighted by atomic mass is 32.2. The van der Waals surface area contributed by atoms with Crippen LogP contribution in [0.3, 0.4) is 0 Å². The lowest BCUT2D eigenvalue weighted by Gasteiger charge is -2.23. The van der Waals surface area contributed by atoms with Crippen LogP contribution in [0.2, 0.25) is 0 Å². The Morgan fingerprint density at radius 3 is 2.50 bits per heavy atom. The fraction of sp³-hybridized carbons (Fsp3) is 0.391. The summed E-state index contributed by atoms with van der Waals surface area (Å²) in [6.45, 7) is 0.562. The number of carbonyl (C=O) groups is 2. The van der Waals surface area contributed by atoms with Gasteiger partial charge in [-0.1, -0.05) is 12.1 Å². The second kappa shape index (κ2) is 11.2. The Kier molecular flexibility index (Phi) is 8.35. The van der Waals surface area contributed by atoms with Crippen molar-refractivity contribution in [2.45, 2.75) is 18.9 Å². The lowest BCUT2D eigenvalue weighted by Crippen LogP contribution is -2.38. The minimum Gasteiger partial charge on any atom is -0.493 e. The Bertz CT molecular complexity index is 1130. The van der Waals surface area contributed by atoms with Gasteiger partial charge < -0.3 is 24.8 Å². The number of nitrogens with one attached hydrogen (secondary N) is 2. The van der Waals surface area contributed by atoms with Crippen molar-refractivity contribution in [1.82, 2.24) is 5.32 Å². The van der Waals surface area contributed by atoms with Crippen molar-refractivity contribution in [2.24, 2.45) is 0 Å². The molecule has 3 rings (SSSR count). The molecule has 10 nitrogen and oxygen atoms in total. The maximum atomic E-state index is 12.8. The van der Waals surface area contributed by atoms with Crippen molar-refractivity contribution in [3.05, 3.63) is 48.0 Å². The Balaban J connectivity index is 1.75. The monoisotopic (exact) mass is 491 g/mol. The largest absolute Gasteiger partial charge is 0.493 e. The van der Waals surface area contributed by atoms with Crippen LogP contribution in [-0.2, 0) is 19.6 Å². The molecule has 0 saturated carbocycles. The van der Waals surface area contributed by atoms with Crippen LogP contribution in [0.15, 0.2) is 42.5 Å². The number of anilines is 2. The van der Waals surface area contributed by atoms with Gasteiger partial charge in [-0.3, -0.25) is 13.9 Å². The molecule has 2 N–H and O–H groups in total. The zero-order chi connectivity index (χ0) is 24.7. The van der Waals surface area contributed by atoms with Crippen LogP contribution in [0.1, 0.15) is 23.2 Å². The average molecular weight is 492 g/mol. The summed E-state index contributed by atoms with van der Waals surface area (Å²) in [7, 11) is -0.915. The number of nitrogens with zero attached hydrogens (tertiary/aromatic N) is 1. The quantitative estimate of drug-likeness (QED) is 0.521. The topological polar surface area (TPSA) is 123 Å². The molecule has 184 valence electrons. The Morgan fingerprint density at radius 2 is 1.85 bits per heavy atom. The van der Waals surface area contributed by atoms with Gasteiger partial charge in [0.05, 0.1) is 43.5 Å². The lowest BCUT2D eigenvalue weighted by atomic mass is 10.1. The van der Waals surface area contributed by atoms with Crippen LogP contribution in [0.4, 0.5) is 11.4 Å². The zero-order valence-corrected chi connectivity index (χ0v) is 20.2. The Morgan fingerprint density at radius 1 is 1.12 bits per heavy atom. The highest BCUT2D eigenvalue weighted by Gasteiger charge is 2.24. The fourth-order valence-electron chi connectivity index (χ4n) is 3.60. The first kappa shape index (κ1) is 25.3. The molecule has 1 fully saturated rings. The number of ether oxygens (including phenoxy) is 3. The third-order valence-electron chi connectivity index (χ3n) is 5.30. The van der Waals surface area contributed by atoms with Crippen molar-refractivity contribution >= 4 is 33.2 Å².